The summed E-state index contributed by atoms with van der Waals surface area (Å²) in [5, 5.41) is 9.05. The van der Waals surface area contributed by atoms with Gasteiger partial charge in [-0.25, -0.2) is 8.42 Å². The quantitative estimate of drug-likeness (QED) is 0.391. The first-order valence-electron chi connectivity index (χ1n) is 10.8. The van der Waals surface area contributed by atoms with E-state index in [1.165, 1.54) is 20.3 Å². The minimum absolute atomic E-state index is 0.00977. The van der Waals surface area contributed by atoms with Crippen LogP contribution in [0.15, 0.2) is 52.0 Å². The van der Waals surface area contributed by atoms with E-state index in [1.807, 2.05) is 28.8 Å². The summed E-state index contributed by atoms with van der Waals surface area (Å²) < 4.78 is 46.6. The summed E-state index contributed by atoms with van der Waals surface area (Å²) in [5.41, 5.74) is 3.42. The molecule has 0 saturated carbocycles. The van der Waals surface area contributed by atoms with E-state index in [-0.39, 0.29) is 16.5 Å². The highest BCUT2D eigenvalue weighted by Gasteiger charge is 2.25. The summed E-state index contributed by atoms with van der Waals surface area (Å²) in [4.78, 5) is 2.02. The summed E-state index contributed by atoms with van der Waals surface area (Å²) in [6.07, 6.45) is 2.01. The number of aromatic nitrogens is 3. The predicted molar refractivity (Wildman–Crippen MR) is 128 cm³/mol. The molecule has 4 aromatic rings. The van der Waals surface area contributed by atoms with Gasteiger partial charge in [0.05, 0.1) is 39.5 Å². The Hall–Kier alpha value is -4.17. The van der Waals surface area contributed by atoms with Crippen molar-refractivity contribution in [3.05, 3.63) is 59.4 Å². The molecule has 0 unspecified atom stereocenters. The van der Waals surface area contributed by atoms with Crippen LogP contribution in [-0.2, 0) is 29.7 Å². The van der Waals surface area contributed by atoms with Gasteiger partial charge in [-0.3, -0.25) is 9.40 Å². The number of para-hydroxylation sites is 1. The Morgan fingerprint density at radius 3 is 2.69 bits per heavy atom. The number of hydrogen-bond acceptors (Lipinski definition) is 8. The van der Waals surface area contributed by atoms with Crippen LogP contribution in [0.1, 0.15) is 23.7 Å². The van der Waals surface area contributed by atoms with E-state index in [0.29, 0.717) is 29.8 Å². The molecule has 0 spiro atoms. The van der Waals surface area contributed by atoms with E-state index in [0.717, 1.165) is 23.4 Å². The molecule has 1 N–H and O–H groups in total. The molecular weight excluding hydrogens is 470 g/mol. The molecule has 5 rings (SSSR count). The lowest BCUT2D eigenvalue weighted by atomic mass is 10.1. The zero-order valence-corrected chi connectivity index (χ0v) is 20.2. The number of methoxy groups -OCH3 is 2. The standard InChI is InChI=1S/C24H23N5O5S/c1-4-9-28-13-17-14-29(25-18(17)15-28)12-16-10-20(33-3)23-21(11-16)34-26-24(23)27-35(30,31)22-8-6-5-7-19(22)32-2/h5-8,10-11,14H,12-13,15H2,1-3H3,(H,26,27). The molecular formula is C24H23N5O5S. The monoisotopic (exact) mass is 493 g/mol. The topological polar surface area (TPSA) is 112 Å². The van der Waals surface area contributed by atoms with Crippen LogP contribution in [0.4, 0.5) is 5.82 Å². The minimum atomic E-state index is -3.99. The Morgan fingerprint density at radius 1 is 1.14 bits per heavy atom. The van der Waals surface area contributed by atoms with Crippen LogP contribution in [0.3, 0.4) is 0 Å². The number of fused-ring (bicyclic) bond motifs is 2. The third-order valence-corrected chi connectivity index (χ3v) is 7.03. The number of nitrogens with zero attached hydrogens (tertiary/aromatic N) is 4. The van der Waals surface area contributed by atoms with Gasteiger partial charge in [0, 0.05) is 17.8 Å². The Balaban J connectivity index is 1.43. The van der Waals surface area contributed by atoms with Crippen molar-refractivity contribution in [1.82, 2.24) is 19.8 Å². The maximum atomic E-state index is 13.0. The molecule has 2 aromatic heterocycles. The Morgan fingerprint density at radius 2 is 1.94 bits per heavy atom. The maximum Gasteiger partial charge on any atom is 0.266 e. The second kappa shape index (κ2) is 8.88. The number of anilines is 1. The second-order valence-electron chi connectivity index (χ2n) is 7.98. The van der Waals surface area contributed by atoms with Crippen LogP contribution in [0.25, 0.3) is 11.0 Å². The van der Waals surface area contributed by atoms with Crippen molar-refractivity contribution in [2.45, 2.75) is 31.5 Å². The molecule has 2 aromatic carbocycles. The fourth-order valence-corrected chi connectivity index (χ4v) is 5.33. The van der Waals surface area contributed by atoms with Gasteiger partial charge >= 0.3 is 0 Å². The van der Waals surface area contributed by atoms with Crippen molar-refractivity contribution in [3.8, 4) is 23.5 Å². The average Bonchev–Trinajstić information content (AvgIpc) is 3.52. The Bertz CT molecular complexity index is 1560. The molecule has 0 saturated heterocycles. The zero-order chi connectivity index (χ0) is 24.6. The number of sulfonamides is 1. The molecule has 1 aliphatic heterocycles. The van der Waals surface area contributed by atoms with E-state index in [2.05, 4.69) is 26.9 Å². The van der Waals surface area contributed by atoms with E-state index < -0.39 is 10.0 Å². The molecule has 0 fully saturated rings. The van der Waals surface area contributed by atoms with Gasteiger partial charge in [-0.15, -0.1) is 0 Å². The Labute approximate surface area is 202 Å². The van der Waals surface area contributed by atoms with Crippen molar-refractivity contribution < 1.29 is 22.4 Å². The molecule has 11 heteroatoms. The van der Waals surface area contributed by atoms with Crippen molar-refractivity contribution in [2.24, 2.45) is 0 Å². The second-order valence-corrected chi connectivity index (χ2v) is 9.63. The van der Waals surface area contributed by atoms with Crippen LogP contribution < -0.4 is 14.2 Å². The summed E-state index contributed by atoms with van der Waals surface area (Å²) >= 11 is 0. The van der Waals surface area contributed by atoms with Crippen molar-refractivity contribution >= 4 is 26.8 Å². The number of hydrogen-bond donors (Lipinski definition) is 1. The molecule has 0 radical (unpaired) electrons. The number of nitrogens with one attached hydrogen (secondary N) is 1. The summed E-state index contributed by atoms with van der Waals surface area (Å²) in [5.74, 6) is 3.59. The zero-order valence-electron chi connectivity index (χ0n) is 19.4. The largest absolute Gasteiger partial charge is 0.496 e. The molecule has 1 aliphatic rings. The lowest BCUT2D eigenvalue weighted by Crippen LogP contribution is -2.14. The van der Waals surface area contributed by atoms with E-state index in [1.54, 1.807) is 24.3 Å². The highest BCUT2D eigenvalue weighted by molar-refractivity contribution is 7.92. The summed E-state index contributed by atoms with van der Waals surface area (Å²) in [7, 11) is -1.07. The highest BCUT2D eigenvalue weighted by atomic mass is 32.2. The first-order chi connectivity index (χ1) is 16.9. The van der Waals surface area contributed by atoms with Gasteiger partial charge in [-0.2, -0.15) is 5.10 Å². The van der Waals surface area contributed by atoms with Crippen LogP contribution >= 0.6 is 0 Å². The number of benzene rings is 2. The van der Waals surface area contributed by atoms with E-state index >= 15 is 0 Å². The van der Waals surface area contributed by atoms with Crippen molar-refractivity contribution in [3.63, 3.8) is 0 Å². The highest BCUT2D eigenvalue weighted by Crippen LogP contribution is 2.36. The smallest absolute Gasteiger partial charge is 0.266 e. The fourth-order valence-electron chi connectivity index (χ4n) is 4.15. The SMILES string of the molecule is CC#CN1Cc2cn(Cc3cc(OC)c4c(NS(=O)(=O)c5ccccc5OC)noc4c3)nc2C1. The summed E-state index contributed by atoms with van der Waals surface area (Å²) in [6, 6.07) is 13.0. The first-order valence-corrected chi connectivity index (χ1v) is 12.2. The molecule has 180 valence electrons. The van der Waals surface area contributed by atoms with Gasteiger partial charge in [0.1, 0.15) is 21.8 Å². The average molecular weight is 494 g/mol. The van der Waals surface area contributed by atoms with Gasteiger partial charge in [0.15, 0.2) is 11.4 Å². The fraction of sp³-hybridized carbons (Fsp3) is 0.250. The Kier molecular flexibility index (Phi) is 5.74. The lowest BCUT2D eigenvalue weighted by Gasteiger charge is -2.11. The third-order valence-electron chi connectivity index (χ3n) is 5.65. The first kappa shape index (κ1) is 22.6. The van der Waals surface area contributed by atoms with Crippen LogP contribution in [-0.4, -0.2) is 42.5 Å². The van der Waals surface area contributed by atoms with Crippen molar-refractivity contribution in [1.29, 1.82) is 0 Å². The van der Waals surface area contributed by atoms with E-state index in [9.17, 15) is 8.42 Å². The molecule has 35 heavy (non-hydrogen) atoms. The predicted octanol–water partition coefficient (Wildman–Crippen LogP) is 3.19. The van der Waals surface area contributed by atoms with Gasteiger partial charge < -0.3 is 18.9 Å². The van der Waals surface area contributed by atoms with Gasteiger partial charge in [0.2, 0.25) is 0 Å². The molecule has 0 bridgehead atoms. The minimum Gasteiger partial charge on any atom is -0.496 e. The molecule has 0 amide bonds. The maximum absolute atomic E-state index is 13.0. The number of ether oxygens (including phenoxy) is 2. The van der Waals surface area contributed by atoms with Gasteiger partial charge in [-0.1, -0.05) is 23.2 Å². The molecule has 0 aliphatic carbocycles. The van der Waals surface area contributed by atoms with Crippen LogP contribution in [0, 0.1) is 12.0 Å². The third kappa shape index (κ3) is 4.24. The van der Waals surface area contributed by atoms with E-state index in [4.69, 9.17) is 14.0 Å². The molecule has 10 nitrogen and oxygen atoms in total. The van der Waals surface area contributed by atoms with Gasteiger partial charge in [-0.05, 0) is 36.8 Å². The normalized spacial score (nSPS) is 12.8. The molecule has 0 atom stereocenters. The molecule has 3 heterocycles. The summed E-state index contributed by atoms with van der Waals surface area (Å²) in [6.45, 7) is 3.75. The van der Waals surface area contributed by atoms with Crippen molar-refractivity contribution in [2.75, 3.05) is 18.9 Å². The lowest BCUT2D eigenvalue weighted by molar-refractivity contribution is 0.403. The van der Waals surface area contributed by atoms with Crippen LogP contribution in [0.2, 0.25) is 0 Å². The number of rotatable bonds is 7. The van der Waals surface area contributed by atoms with Crippen LogP contribution in [0.5, 0.6) is 11.5 Å². The van der Waals surface area contributed by atoms with Gasteiger partial charge in [0.25, 0.3) is 10.0 Å².